The van der Waals surface area contributed by atoms with Gasteiger partial charge in [0.15, 0.2) is 0 Å². The summed E-state index contributed by atoms with van der Waals surface area (Å²) < 4.78 is 5.99. The minimum absolute atomic E-state index is 0.451. The van der Waals surface area contributed by atoms with Gasteiger partial charge in [0, 0.05) is 0 Å². The highest BCUT2D eigenvalue weighted by Gasteiger charge is 2.47. The molecule has 2 fully saturated rings. The van der Waals surface area contributed by atoms with Gasteiger partial charge in [0.05, 0.1) is 13.2 Å². The van der Waals surface area contributed by atoms with Crippen molar-refractivity contribution in [1.29, 1.82) is 0 Å². The van der Waals surface area contributed by atoms with Crippen LogP contribution < -0.4 is 0 Å². The monoisotopic (exact) mass is 315 g/mol. The van der Waals surface area contributed by atoms with E-state index in [1.807, 2.05) is 0 Å². The summed E-state index contributed by atoms with van der Waals surface area (Å²) in [5, 5.41) is 0. The molecule has 1 aliphatic carbocycles. The van der Waals surface area contributed by atoms with E-state index in [4.69, 9.17) is 4.74 Å². The predicted octanol–water partition coefficient (Wildman–Crippen LogP) is 4.74. The molecule has 1 aromatic carbocycles. The molecule has 0 radical (unpaired) electrons. The van der Waals surface area contributed by atoms with Gasteiger partial charge in [0.2, 0.25) is 0 Å². The van der Waals surface area contributed by atoms with E-state index in [-0.39, 0.29) is 0 Å². The molecule has 1 aliphatic heterocycles. The zero-order chi connectivity index (χ0) is 16.1. The number of rotatable bonds is 7. The third kappa shape index (κ3) is 4.36. The van der Waals surface area contributed by atoms with Crippen LogP contribution >= 0.6 is 0 Å². The predicted molar refractivity (Wildman–Crippen MR) is 96.4 cm³/mol. The molecular weight excluding hydrogens is 282 g/mol. The topological polar surface area (TPSA) is 12.5 Å². The van der Waals surface area contributed by atoms with E-state index in [2.05, 4.69) is 49.1 Å². The molecule has 3 rings (SSSR count). The number of hydrogen-bond donors (Lipinski definition) is 0. The summed E-state index contributed by atoms with van der Waals surface area (Å²) in [4.78, 5) is 2.68. The van der Waals surface area contributed by atoms with E-state index in [0.29, 0.717) is 5.41 Å². The molecular formula is C21H33NO. The van der Waals surface area contributed by atoms with Crippen molar-refractivity contribution in [2.45, 2.75) is 52.6 Å². The molecule has 0 aromatic heterocycles. The maximum Gasteiger partial charge on any atom is 0.0717 e. The minimum atomic E-state index is 0.451. The van der Waals surface area contributed by atoms with Crippen LogP contribution in [0.5, 0.6) is 0 Å². The first-order valence-corrected chi connectivity index (χ1v) is 9.50. The molecule has 0 spiro atoms. The van der Waals surface area contributed by atoms with Crippen molar-refractivity contribution in [3.63, 3.8) is 0 Å². The summed E-state index contributed by atoms with van der Waals surface area (Å²) in [5.74, 6) is 1.62. The fourth-order valence-corrected chi connectivity index (χ4v) is 4.31. The van der Waals surface area contributed by atoms with Gasteiger partial charge in [-0.05, 0) is 68.1 Å². The molecule has 2 atom stereocenters. The largest absolute Gasteiger partial charge is 0.376 e. The Bertz CT molecular complexity index is 464. The first-order valence-electron chi connectivity index (χ1n) is 9.50. The van der Waals surface area contributed by atoms with Crippen molar-refractivity contribution < 1.29 is 4.74 Å². The summed E-state index contributed by atoms with van der Waals surface area (Å²) in [6, 6.07) is 10.5. The Kier molecular flexibility index (Phi) is 5.76. The zero-order valence-corrected chi connectivity index (χ0v) is 15.0. The van der Waals surface area contributed by atoms with Crippen molar-refractivity contribution in [3.8, 4) is 0 Å². The van der Waals surface area contributed by atoms with Crippen LogP contribution in [0.1, 0.15) is 51.5 Å². The third-order valence-corrected chi connectivity index (χ3v) is 6.35. The summed E-state index contributed by atoms with van der Waals surface area (Å²) >= 11 is 0. The van der Waals surface area contributed by atoms with Crippen molar-refractivity contribution in [1.82, 2.24) is 4.90 Å². The molecule has 1 heterocycles. The van der Waals surface area contributed by atoms with Gasteiger partial charge in [0.25, 0.3) is 0 Å². The van der Waals surface area contributed by atoms with E-state index >= 15 is 0 Å². The Balaban J connectivity index is 1.36. The maximum atomic E-state index is 5.99. The summed E-state index contributed by atoms with van der Waals surface area (Å²) in [5.41, 5.74) is 1.73. The number of nitrogens with zero attached hydrogens (tertiary/aromatic N) is 1. The Morgan fingerprint density at radius 1 is 1.04 bits per heavy atom. The SMILES string of the molecule is CC1(C)[C@H](COCc2ccccc2)C[C@@H]1CCN1CCCCC1. The molecule has 2 aliphatic rings. The van der Waals surface area contributed by atoms with Gasteiger partial charge in [-0.2, -0.15) is 0 Å². The quantitative estimate of drug-likeness (QED) is 0.720. The van der Waals surface area contributed by atoms with Crippen LogP contribution in [0.3, 0.4) is 0 Å². The minimum Gasteiger partial charge on any atom is -0.376 e. The number of hydrogen-bond acceptors (Lipinski definition) is 2. The summed E-state index contributed by atoms with van der Waals surface area (Å²) in [6.45, 7) is 10.6. The smallest absolute Gasteiger partial charge is 0.0717 e. The second kappa shape index (κ2) is 7.81. The summed E-state index contributed by atoms with van der Waals surface area (Å²) in [7, 11) is 0. The molecule has 0 amide bonds. The fraction of sp³-hybridized carbons (Fsp3) is 0.714. The molecule has 0 N–H and O–H groups in total. The van der Waals surface area contributed by atoms with Crippen molar-refractivity contribution >= 4 is 0 Å². The maximum absolute atomic E-state index is 5.99. The van der Waals surface area contributed by atoms with E-state index in [0.717, 1.165) is 25.0 Å². The average Bonchev–Trinajstić information content (AvgIpc) is 2.58. The molecule has 1 aromatic rings. The molecule has 0 bridgehead atoms. The number of likely N-dealkylation sites (tertiary alicyclic amines) is 1. The van der Waals surface area contributed by atoms with Crippen LogP contribution in [-0.4, -0.2) is 31.1 Å². The Labute approximate surface area is 142 Å². The lowest BCUT2D eigenvalue weighted by molar-refractivity contribution is -0.0807. The Morgan fingerprint density at radius 2 is 1.78 bits per heavy atom. The second-order valence-corrected chi connectivity index (χ2v) is 8.14. The van der Waals surface area contributed by atoms with Gasteiger partial charge in [-0.1, -0.05) is 50.6 Å². The van der Waals surface area contributed by atoms with Crippen molar-refractivity contribution in [2.75, 3.05) is 26.2 Å². The lowest BCUT2D eigenvalue weighted by Crippen LogP contribution is -2.48. The summed E-state index contributed by atoms with van der Waals surface area (Å²) in [6.07, 6.45) is 6.98. The van der Waals surface area contributed by atoms with Crippen LogP contribution in [0.2, 0.25) is 0 Å². The molecule has 2 heteroatoms. The van der Waals surface area contributed by atoms with Crippen LogP contribution in [-0.2, 0) is 11.3 Å². The Hall–Kier alpha value is -0.860. The van der Waals surface area contributed by atoms with Gasteiger partial charge < -0.3 is 9.64 Å². The number of ether oxygens (including phenoxy) is 1. The van der Waals surface area contributed by atoms with Gasteiger partial charge in [-0.15, -0.1) is 0 Å². The molecule has 1 saturated carbocycles. The lowest BCUT2D eigenvalue weighted by Gasteiger charge is -2.53. The van der Waals surface area contributed by atoms with Crippen LogP contribution in [0.15, 0.2) is 30.3 Å². The molecule has 1 saturated heterocycles. The highest BCUT2D eigenvalue weighted by molar-refractivity contribution is 5.13. The molecule has 128 valence electrons. The van der Waals surface area contributed by atoms with Crippen LogP contribution in [0, 0.1) is 17.3 Å². The van der Waals surface area contributed by atoms with E-state index in [9.17, 15) is 0 Å². The van der Waals surface area contributed by atoms with Gasteiger partial charge in [-0.3, -0.25) is 0 Å². The number of benzene rings is 1. The third-order valence-electron chi connectivity index (χ3n) is 6.35. The standard InChI is InChI=1S/C21H33NO/c1-21(2)19(11-14-22-12-7-4-8-13-22)15-20(21)17-23-16-18-9-5-3-6-10-18/h3,5-6,9-10,19-20H,4,7-8,11-17H2,1-2H3/t19-,20-/m0/s1. The fourth-order valence-electron chi connectivity index (χ4n) is 4.31. The van der Waals surface area contributed by atoms with Crippen LogP contribution in [0.4, 0.5) is 0 Å². The highest BCUT2D eigenvalue weighted by atomic mass is 16.5. The van der Waals surface area contributed by atoms with E-state index < -0.39 is 0 Å². The first kappa shape index (κ1) is 17.0. The first-order chi connectivity index (χ1) is 11.2. The van der Waals surface area contributed by atoms with E-state index in [1.54, 1.807) is 0 Å². The molecule has 2 nitrogen and oxygen atoms in total. The zero-order valence-electron chi connectivity index (χ0n) is 15.0. The normalized spacial score (nSPS) is 27.6. The van der Waals surface area contributed by atoms with Gasteiger partial charge in [0.1, 0.15) is 0 Å². The van der Waals surface area contributed by atoms with Gasteiger partial charge in [-0.25, -0.2) is 0 Å². The number of piperidine rings is 1. The molecule has 23 heavy (non-hydrogen) atoms. The van der Waals surface area contributed by atoms with Gasteiger partial charge >= 0.3 is 0 Å². The van der Waals surface area contributed by atoms with E-state index in [1.165, 1.54) is 57.3 Å². The Morgan fingerprint density at radius 3 is 2.48 bits per heavy atom. The average molecular weight is 316 g/mol. The molecule has 0 unspecified atom stereocenters. The van der Waals surface area contributed by atoms with Crippen molar-refractivity contribution in [2.24, 2.45) is 17.3 Å². The highest BCUT2D eigenvalue weighted by Crippen LogP contribution is 2.53. The van der Waals surface area contributed by atoms with Crippen molar-refractivity contribution in [3.05, 3.63) is 35.9 Å². The van der Waals surface area contributed by atoms with Crippen LogP contribution in [0.25, 0.3) is 0 Å². The lowest BCUT2D eigenvalue weighted by atomic mass is 9.54. The second-order valence-electron chi connectivity index (χ2n) is 8.14.